The van der Waals surface area contributed by atoms with Crippen LogP contribution in [0, 0.1) is 31.1 Å². The zero-order chi connectivity index (χ0) is 17.1. The number of rotatable bonds is 3. The zero-order valence-electron chi connectivity index (χ0n) is 14.1. The van der Waals surface area contributed by atoms with Crippen LogP contribution in [0.3, 0.4) is 0 Å². The summed E-state index contributed by atoms with van der Waals surface area (Å²) in [5.41, 5.74) is 2.18. The van der Waals surface area contributed by atoms with Crippen molar-refractivity contribution in [3.8, 4) is 6.07 Å². The van der Waals surface area contributed by atoms with Crippen LogP contribution in [0.2, 0.25) is 0 Å². The predicted octanol–water partition coefficient (Wildman–Crippen LogP) is 2.04. The van der Waals surface area contributed by atoms with Gasteiger partial charge >= 0.3 is 0 Å². The predicted molar refractivity (Wildman–Crippen MR) is 91.9 cm³/mol. The molecule has 3 rings (SSSR count). The average molecular weight is 323 g/mol. The Kier molecular flexibility index (Phi) is 4.61. The first-order valence-corrected chi connectivity index (χ1v) is 8.22. The van der Waals surface area contributed by atoms with Crippen LogP contribution >= 0.6 is 0 Å². The maximum Gasteiger partial charge on any atom is 0.256 e. The molecule has 2 aromatic rings. The fourth-order valence-electron chi connectivity index (χ4n) is 3.07. The number of hydrogen-bond acceptors (Lipinski definition) is 5. The summed E-state index contributed by atoms with van der Waals surface area (Å²) in [7, 11) is 0. The van der Waals surface area contributed by atoms with Crippen molar-refractivity contribution in [3.05, 3.63) is 51.8 Å². The Hall–Kier alpha value is -2.68. The first-order chi connectivity index (χ1) is 11.6. The molecule has 0 amide bonds. The molecule has 1 saturated heterocycles. The maximum absolute atomic E-state index is 12.3. The minimum atomic E-state index is 0.0682. The summed E-state index contributed by atoms with van der Waals surface area (Å²) in [5.74, 6) is 1.39. The van der Waals surface area contributed by atoms with Crippen molar-refractivity contribution in [2.24, 2.45) is 5.92 Å². The van der Waals surface area contributed by atoms with Gasteiger partial charge in [0.2, 0.25) is 0 Å². The van der Waals surface area contributed by atoms with Crippen molar-refractivity contribution in [2.45, 2.75) is 33.2 Å². The average Bonchev–Trinajstić information content (AvgIpc) is 2.63. The van der Waals surface area contributed by atoms with Gasteiger partial charge in [0.05, 0.1) is 11.9 Å². The second-order valence-corrected chi connectivity index (χ2v) is 6.36. The highest BCUT2D eigenvalue weighted by atomic mass is 16.1. The molecule has 0 aliphatic carbocycles. The van der Waals surface area contributed by atoms with Crippen LogP contribution in [0.5, 0.6) is 0 Å². The Bertz CT molecular complexity index is 811. The maximum atomic E-state index is 12.3. The molecule has 3 heterocycles. The van der Waals surface area contributed by atoms with E-state index in [1.807, 2.05) is 19.9 Å². The van der Waals surface area contributed by atoms with Gasteiger partial charge in [-0.05, 0) is 44.7 Å². The zero-order valence-corrected chi connectivity index (χ0v) is 14.1. The van der Waals surface area contributed by atoms with Crippen LogP contribution in [0.15, 0.2) is 29.5 Å². The summed E-state index contributed by atoms with van der Waals surface area (Å²) in [5, 5.41) is 8.84. The summed E-state index contributed by atoms with van der Waals surface area (Å²) >= 11 is 0. The lowest BCUT2D eigenvalue weighted by molar-refractivity contribution is 0.349. The van der Waals surface area contributed by atoms with Crippen LogP contribution in [0.4, 0.5) is 5.82 Å². The van der Waals surface area contributed by atoms with Crippen LogP contribution in [0.25, 0.3) is 0 Å². The second kappa shape index (κ2) is 6.83. The van der Waals surface area contributed by atoms with Crippen molar-refractivity contribution in [1.29, 1.82) is 5.26 Å². The summed E-state index contributed by atoms with van der Waals surface area (Å²) < 4.78 is 1.74. The van der Waals surface area contributed by atoms with Crippen LogP contribution in [-0.4, -0.2) is 27.6 Å². The SMILES string of the molecule is Cc1ncn(CC2CCN(c3ccc(C#N)cn3)CC2)c(=O)c1C. The molecular formula is C18H21N5O. The number of aromatic nitrogens is 3. The molecular weight excluding hydrogens is 302 g/mol. The van der Waals surface area contributed by atoms with E-state index in [0.717, 1.165) is 49.6 Å². The molecule has 0 unspecified atom stereocenters. The van der Waals surface area contributed by atoms with E-state index in [4.69, 9.17) is 5.26 Å². The normalized spacial score (nSPS) is 15.3. The fraction of sp³-hybridized carbons (Fsp3) is 0.444. The van der Waals surface area contributed by atoms with Crippen LogP contribution in [0.1, 0.15) is 29.7 Å². The van der Waals surface area contributed by atoms with Gasteiger partial charge in [-0.1, -0.05) is 0 Å². The molecule has 2 aromatic heterocycles. The number of aryl methyl sites for hydroxylation is 1. The molecule has 124 valence electrons. The third-order valence-corrected chi connectivity index (χ3v) is 4.79. The molecule has 24 heavy (non-hydrogen) atoms. The third-order valence-electron chi connectivity index (χ3n) is 4.79. The molecule has 0 spiro atoms. The van der Waals surface area contributed by atoms with E-state index >= 15 is 0 Å². The number of piperidine rings is 1. The highest BCUT2D eigenvalue weighted by molar-refractivity contribution is 5.42. The van der Waals surface area contributed by atoms with E-state index in [0.29, 0.717) is 11.5 Å². The highest BCUT2D eigenvalue weighted by Crippen LogP contribution is 2.22. The lowest BCUT2D eigenvalue weighted by atomic mass is 9.96. The van der Waals surface area contributed by atoms with E-state index in [1.165, 1.54) is 0 Å². The molecule has 1 aliphatic rings. The number of nitrogens with zero attached hydrogens (tertiary/aromatic N) is 5. The molecule has 0 saturated carbocycles. The first kappa shape index (κ1) is 16.2. The van der Waals surface area contributed by atoms with Gasteiger partial charge in [0.25, 0.3) is 5.56 Å². The van der Waals surface area contributed by atoms with E-state index < -0.39 is 0 Å². The van der Waals surface area contributed by atoms with Crippen LogP contribution < -0.4 is 10.5 Å². The van der Waals surface area contributed by atoms with Crippen molar-refractivity contribution in [3.63, 3.8) is 0 Å². The van der Waals surface area contributed by atoms with Crippen molar-refractivity contribution in [2.75, 3.05) is 18.0 Å². The quantitative estimate of drug-likeness (QED) is 0.864. The van der Waals surface area contributed by atoms with Gasteiger partial charge in [0.1, 0.15) is 11.9 Å². The van der Waals surface area contributed by atoms with E-state index in [2.05, 4.69) is 20.9 Å². The third kappa shape index (κ3) is 3.30. The van der Waals surface area contributed by atoms with Gasteiger partial charge in [-0.3, -0.25) is 9.36 Å². The van der Waals surface area contributed by atoms with Crippen molar-refractivity contribution >= 4 is 5.82 Å². The Morgan fingerprint density at radius 2 is 2.00 bits per heavy atom. The van der Waals surface area contributed by atoms with E-state index in [9.17, 15) is 4.79 Å². The fourth-order valence-corrected chi connectivity index (χ4v) is 3.07. The lowest BCUT2D eigenvalue weighted by Gasteiger charge is -2.33. The minimum absolute atomic E-state index is 0.0682. The molecule has 0 radical (unpaired) electrons. The molecule has 0 N–H and O–H groups in total. The topological polar surface area (TPSA) is 74.8 Å². The Balaban J connectivity index is 1.62. The van der Waals surface area contributed by atoms with E-state index in [1.54, 1.807) is 23.2 Å². The molecule has 1 aliphatic heterocycles. The van der Waals surface area contributed by atoms with Gasteiger partial charge < -0.3 is 4.90 Å². The molecule has 6 nitrogen and oxygen atoms in total. The first-order valence-electron chi connectivity index (χ1n) is 8.22. The Morgan fingerprint density at radius 3 is 2.62 bits per heavy atom. The van der Waals surface area contributed by atoms with Gasteiger partial charge in [-0.2, -0.15) is 5.26 Å². The Morgan fingerprint density at radius 1 is 1.25 bits per heavy atom. The number of pyridine rings is 1. The van der Waals surface area contributed by atoms with Crippen LogP contribution in [-0.2, 0) is 6.54 Å². The standard InChI is InChI=1S/C18H21N5O/c1-13-14(2)21-12-23(18(13)24)11-15-5-7-22(8-6-15)17-4-3-16(9-19)10-20-17/h3-4,10,12,15H,5-8,11H2,1-2H3. The van der Waals surface area contributed by atoms with Gasteiger partial charge in [-0.15, -0.1) is 0 Å². The summed E-state index contributed by atoms with van der Waals surface area (Å²) in [6.45, 7) is 6.25. The number of hydrogen-bond donors (Lipinski definition) is 0. The van der Waals surface area contributed by atoms with Gasteiger partial charge in [-0.25, -0.2) is 9.97 Å². The van der Waals surface area contributed by atoms with E-state index in [-0.39, 0.29) is 5.56 Å². The Labute approximate surface area is 141 Å². The number of anilines is 1. The smallest absolute Gasteiger partial charge is 0.256 e. The summed E-state index contributed by atoms with van der Waals surface area (Å²) in [4.78, 5) is 23.2. The molecule has 6 heteroatoms. The largest absolute Gasteiger partial charge is 0.357 e. The van der Waals surface area contributed by atoms with Crippen molar-refractivity contribution < 1.29 is 0 Å². The van der Waals surface area contributed by atoms with Gasteiger partial charge in [0.15, 0.2) is 0 Å². The second-order valence-electron chi connectivity index (χ2n) is 6.36. The highest BCUT2D eigenvalue weighted by Gasteiger charge is 2.21. The molecule has 1 fully saturated rings. The molecule has 0 aromatic carbocycles. The lowest BCUT2D eigenvalue weighted by Crippen LogP contribution is -2.37. The molecule has 0 bridgehead atoms. The monoisotopic (exact) mass is 323 g/mol. The summed E-state index contributed by atoms with van der Waals surface area (Å²) in [6, 6.07) is 5.79. The summed E-state index contributed by atoms with van der Waals surface area (Å²) in [6.07, 6.45) is 5.31. The van der Waals surface area contributed by atoms with Gasteiger partial charge in [0, 0.05) is 37.1 Å². The number of nitriles is 1. The molecule has 0 atom stereocenters. The van der Waals surface area contributed by atoms with Crippen molar-refractivity contribution in [1.82, 2.24) is 14.5 Å². The minimum Gasteiger partial charge on any atom is -0.357 e.